The van der Waals surface area contributed by atoms with Crippen molar-refractivity contribution in [3.63, 3.8) is 0 Å². The van der Waals surface area contributed by atoms with E-state index in [0.29, 0.717) is 0 Å². The summed E-state index contributed by atoms with van der Waals surface area (Å²) in [5.74, 6) is 0.972. The lowest BCUT2D eigenvalue weighted by Crippen LogP contribution is -1.86. The number of ether oxygens (including phenoxy) is 1. The molecular formula is C19H26O. The largest absolute Gasteiger partial charge is 0.496 e. The normalized spacial score (nSPS) is 9.65. The molecule has 0 atom stereocenters. The van der Waals surface area contributed by atoms with E-state index in [2.05, 4.69) is 57.2 Å². The van der Waals surface area contributed by atoms with Crippen molar-refractivity contribution in [2.45, 2.75) is 40.5 Å². The highest BCUT2D eigenvalue weighted by Gasteiger charge is 1.95. The topological polar surface area (TPSA) is 9.23 Å². The van der Waals surface area contributed by atoms with Gasteiger partial charge in [-0.05, 0) is 49.9 Å². The van der Waals surface area contributed by atoms with Crippen LogP contribution in [0.5, 0.6) is 5.75 Å². The fraction of sp³-hybridized carbons (Fsp3) is 0.368. The van der Waals surface area contributed by atoms with E-state index in [9.17, 15) is 0 Å². The molecule has 0 aromatic heterocycles. The highest BCUT2D eigenvalue weighted by Crippen LogP contribution is 2.17. The second-order valence-electron chi connectivity index (χ2n) is 5.21. The first-order chi connectivity index (χ1) is 9.56. The number of hydrogen-bond donors (Lipinski definition) is 0. The molecule has 1 nitrogen and oxygen atoms in total. The number of benzene rings is 2. The molecule has 2 aromatic rings. The van der Waals surface area contributed by atoms with Crippen LogP contribution >= 0.6 is 0 Å². The van der Waals surface area contributed by atoms with Gasteiger partial charge in [0.25, 0.3) is 0 Å². The SMILES string of the molecule is CCCc1ccc(C)cc1.COc1cc(C)ccc1C. The molecule has 20 heavy (non-hydrogen) atoms. The molecule has 0 heterocycles. The lowest BCUT2D eigenvalue weighted by molar-refractivity contribution is 0.411. The van der Waals surface area contributed by atoms with E-state index < -0.39 is 0 Å². The lowest BCUT2D eigenvalue weighted by atomic mass is 10.1. The van der Waals surface area contributed by atoms with Crippen LogP contribution in [0.2, 0.25) is 0 Å². The van der Waals surface area contributed by atoms with Crippen molar-refractivity contribution in [2.24, 2.45) is 0 Å². The summed E-state index contributed by atoms with van der Waals surface area (Å²) in [6.07, 6.45) is 2.45. The Balaban J connectivity index is 0.000000200. The van der Waals surface area contributed by atoms with Crippen LogP contribution < -0.4 is 4.74 Å². The number of methoxy groups -OCH3 is 1. The molecule has 1 heteroatoms. The zero-order valence-corrected chi connectivity index (χ0v) is 13.4. The van der Waals surface area contributed by atoms with E-state index in [4.69, 9.17) is 4.74 Å². The summed E-state index contributed by atoms with van der Waals surface area (Å²) in [5, 5.41) is 0. The van der Waals surface area contributed by atoms with Crippen molar-refractivity contribution in [1.82, 2.24) is 0 Å². The molecule has 2 aromatic carbocycles. The Hall–Kier alpha value is -1.76. The van der Waals surface area contributed by atoms with Gasteiger partial charge in [0.2, 0.25) is 0 Å². The smallest absolute Gasteiger partial charge is 0.122 e. The molecule has 0 radical (unpaired) electrons. The maximum atomic E-state index is 5.13. The van der Waals surface area contributed by atoms with Gasteiger partial charge < -0.3 is 4.74 Å². The first-order valence-corrected chi connectivity index (χ1v) is 7.23. The van der Waals surface area contributed by atoms with Crippen LogP contribution in [0.3, 0.4) is 0 Å². The number of hydrogen-bond acceptors (Lipinski definition) is 1. The maximum absolute atomic E-state index is 5.13. The van der Waals surface area contributed by atoms with E-state index in [0.717, 1.165) is 5.75 Å². The molecule has 0 spiro atoms. The molecule has 0 amide bonds. The Bertz CT molecular complexity index is 512. The van der Waals surface area contributed by atoms with Crippen molar-refractivity contribution in [1.29, 1.82) is 0 Å². The van der Waals surface area contributed by atoms with Crippen molar-refractivity contribution < 1.29 is 4.74 Å². The van der Waals surface area contributed by atoms with E-state index >= 15 is 0 Å². The van der Waals surface area contributed by atoms with E-state index in [1.807, 2.05) is 13.0 Å². The fourth-order valence-corrected chi connectivity index (χ4v) is 1.97. The third-order valence-electron chi connectivity index (χ3n) is 3.22. The van der Waals surface area contributed by atoms with Gasteiger partial charge in [-0.3, -0.25) is 0 Å². The molecule has 0 saturated heterocycles. The predicted octanol–water partition coefficient (Wildman–Crippen LogP) is 5.26. The van der Waals surface area contributed by atoms with Crippen molar-refractivity contribution >= 4 is 0 Å². The summed E-state index contributed by atoms with van der Waals surface area (Å²) in [7, 11) is 1.70. The second-order valence-corrected chi connectivity index (χ2v) is 5.21. The van der Waals surface area contributed by atoms with Gasteiger partial charge >= 0.3 is 0 Å². The lowest BCUT2D eigenvalue weighted by Gasteiger charge is -2.03. The molecular weight excluding hydrogens is 244 g/mol. The summed E-state index contributed by atoms with van der Waals surface area (Å²) in [6, 6.07) is 14.9. The average molecular weight is 270 g/mol. The van der Waals surface area contributed by atoms with Gasteiger partial charge in [0, 0.05) is 0 Å². The molecule has 0 aliphatic carbocycles. The van der Waals surface area contributed by atoms with Gasteiger partial charge in [0.15, 0.2) is 0 Å². The Labute approximate surface area is 123 Å². The minimum absolute atomic E-state index is 0.972. The monoisotopic (exact) mass is 270 g/mol. The zero-order chi connectivity index (χ0) is 15.0. The van der Waals surface area contributed by atoms with Crippen LogP contribution in [0.15, 0.2) is 42.5 Å². The van der Waals surface area contributed by atoms with Gasteiger partial charge in [-0.2, -0.15) is 0 Å². The fourth-order valence-electron chi connectivity index (χ4n) is 1.97. The molecule has 0 fully saturated rings. The van der Waals surface area contributed by atoms with Gasteiger partial charge in [0.1, 0.15) is 5.75 Å². The Morgan fingerprint density at radius 2 is 1.45 bits per heavy atom. The summed E-state index contributed by atoms with van der Waals surface area (Å²) in [5.41, 5.74) is 5.23. The highest BCUT2D eigenvalue weighted by molar-refractivity contribution is 5.35. The van der Waals surface area contributed by atoms with Crippen LogP contribution in [0.25, 0.3) is 0 Å². The first-order valence-electron chi connectivity index (χ1n) is 7.23. The van der Waals surface area contributed by atoms with Crippen LogP contribution in [0.4, 0.5) is 0 Å². The van der Waals surface area contributed by atoms with E-state index in [-0.39, 0.29) is 0 Å². The number of rotatable bonds is 3. The highest BCUT2D eigenvalue weighted by atomic mass is 16.5. The second kappa shape index (κ2) is 8.42. The molecule has 0 bridgehead atoms. The molecule has 0 aliphatic rings. The third-order valence-corrected chi connectivity index (χ3v) is 3.22. The van der Waals surface area contributed by atoms with Crippen LogP contribution in [-0.4, -0.2) is 7.11 Å². The minimum Gasteiger partial charge on any atom is -0.496 e. The molecule has 0 N–H and O–H groups in total. The summed E-state index contributed by atoms with van der Waals surface area (Å²) < 4.78 is 5.13. The Kier molecular flexibility index (Phi) is 6.86. The zero-order valence-electron chi connectivity index (χ0n) is 13.4. The van der Waals surface area contributed by atoms with Gasteiger partial charge in [-0.25, -0.2) is 0 Å². The van der Waals surface area contributed by atoms with Gasteiger partial charge in [-0.1, -0.05) is 55.3 Å². The first kappa shape index (κ1) is 16.3. The Morgan fingerprint density at radius 1 is 0.850 bits per heavy atom. The number of aryl methyl sites for hydroxylation is 4. The quantitative estimate of drug-likeness (QED) is 0.739. The molecule has 2 rings (SSSR count). The third kappa shape index (κ3) is 5.48. The molecule has 108 valence electrons. The van der Waals surface area contributed by atoms with E-state index in [1.165, 1.54) is 35.1 Å². The summed E-state index contributed by atoms with van der Waals surface area (Å²) >= 11 is 0. The minimum atomic E-state index is 0.972. The van der Waals surface area contributed by atoms with Gasteiger partial charge in [-0.15, -0.1) is 0 Å². The molecule has 0 unspecified atom stereocenters. The summed E-state index contributed by atoms with van der Waals surface area (Å²) in [4.78, 5) is 0. The van der Waals surface area contributed by atoms with Crippen LogP contribution in [0.1, 0.15) is 35.6 Å². The molecule has 0 saturated carbocycles. The predicted molar refractivity (Wildman–Crippen MR) is 87.6 cm³/mol. The van der Waals surface area contributed by atoms with Gasteiger partial charge in [0.05, 0.1) is 7.11 Å². The average Bonchev–Trinajstić information content (AvgIpc) is 2.45. The maximum Gasteiger partial charge on any atom is 0.122 e. The van der Waals surface area contributed by atoms with Crippen LogP contribution in [0, 0.1) is 20.8 Å². The standard InChI is InChI=1S/C10H14.C9H12O/c1-3-4-10-7-5-9(2)6-8-10;1-7-4-5-8(2)9(6-7)10-3/h5-8H,3-4H2,1-2H3;4-6H,1-3H3. The van der Waals surface area contributed by atoms with Crippen molar-refractivity contribution in [3.8, 4) is 5.75 Å². The molecule has 0 aliphatic heterocycles. The Morgan fingerprint density at radius 3 is 1.95 bits per heavy atom. The summed E-state index contributed by atoms with van der Waals surface area (Å²) in [6.45, 7) is 8.43. The van der Waals surface area contributed by atoms with Crippen molar-refractivity contribution in [3.05, 3.63) is 64.7 Å². The van der Waals surface area contributed by atoms with Crippen molar-refractivity contribution in [2.75, 3.05) is 7.11 Å². The van der Waals surface area contributed by atoms with Crippen LogP contribution in [-0.2, 0) is 6.42 Å². The van der Waals surface area contributed by atoms with E-state index in [1.54, 1.807) is 7.11 Å².